The molecule has 0 spiro atoms. The molecule has 0 aromatic heterocycles. The van der Waals surface area contributed by atoms with E-state index in [1.54, 1.807) is 24.3 Å². The summed E-state index contributed by atoms with van der Waals surface area (Å²) in [5.74, 6) is 0.0313. The van der Waals surface area contributed by atoms with Gasteiger partial charge in [-0.15, -0.1) is 0 Å². The van der Waals surface area contributed by atoms with Crippen LogP contribution in [0.2, 0.25) is 20.1 Å². The molecule has 292 valence electrons. The van der Waals surface area contributed by atoms with Gasteiger partial charge in [0.15, 0.2) is 0 Å². The van der Waals surface area contributed by atoms with Gasteiger partial charge in [-0.05, 0) is 78.4 Å². The summed E-state index contributed by atoms with van der Waals surface area (Å²) in [6, 6.07) is 31.0. The van der Waals surface area contributed by atoms with Crippen molar-refractivity contribution in [3.05, 3.63) is 128 Å². The van der Waals surface area contributed by atoms with Gasteiger partial charge >= 0.3 is 0 Å². The summed E-state index contributed by atoms with van der Waals surface area (Å²) in [4.78, 5) is 26.1. The molecule has 4 fully saturated rings. The van der Waals surface area contributed by atoms with Crippen molar-refractivity contribution in [3.63, 3.8) is 0 Å². The minimum absolute atomic E-state index is 0.0313. The van der Waals surface area contributed by atoms with E-state index >= 15 is 0 Å². The van der Waals surface area contributed by atoms with E-state index < -0.39 is 6.10 Å². The lowest BCUT2D eigenvalue weighted by Gasteiger charge is -2.38. The van der Waals surface area contributed by atoms with E-state index in [0.29, 0.717) is 41.8 Å². The van der Waals surface area contributed by atoms with Gasteiger partial charge < -0.3 is 24.9 Å². The second-order valence-electron chi connectivity index (χ2n) is 14.8. The van der Waals surface area contributed by atoms with Crippen LogP contribution in [0, 0.1) is 0 Å². The molecule has 4 saturated heterocycles. The van der Waals surface area contributed by atoms with Crippen LogP contribution in [0.5, 0.6) is 0 Å². The number of hydrogen-bond donors (Lipinski definition) is 2. The molecule has 0 saturated carbocycles. The number of aliphatic hydroxyl groups is 2. The number of nitrogens with zero attached hydrogens (tertiary/aromatic N) is 6. The summed E-state index contributed by atoms with van der Waals surface area (Å²) >= 11 is 24.1. The van der Waals surface area contributed by atoms with Gasteiger partial charge in [-0.2, -0.15) is 0 Å². The van der Waals surface area contributed by atoms with Crippen molar-refractivity contribution in [2.45, 2.75) is 30.8 Å². The highest BCUT2D eigenvalue weighted by Gasteiger charge is 2.38. The topological polar surface area (TPSA) is 77.0 Å². The first-order valence-electron chi connectivity index (χ1n) is 19.0. The van der Waals surface area contributed by atoms with E-state index in [9.17, 15) is 15.0 Å². The SMILES string of the molecule is O=C(c1ccc(Cl)cc1)N1CCN(C2CN(c3cccc(Cl)c3)CC2O)CC1.OC1CN(c2cccc(Cl)c2)CC1N1CCN(Cc2ccc(Cl)cc2)CC1. The molecule has 9 nitrogen and oxygen atoms in total. The van der Waals surface area contributed by atoms with Crippen LogP contribution in [0.1, 0.15) is 15.9 Å². The molecule has 0 radical (unpaired) electrons. The summed E-state index contributed by atoms with van der Waals surface area (Å²) in [6.07, 6.45) is -0.746. The number of benzene rings is 4. The third-order valence-electron chi connectivity index (χ3n) is 11.2. The number of aliphatic hydroxyl groups excluding tert-OH is 2. The molecule has 1 amide bonds. The maximum absolute atomic E-state index is 12.7. The van der Waals surface area contributed by atoms with Gasteiger partial charge in [-0.25, -0.2) is 0 Å². The van der Waals surface area contributed by atoms with Crippen molar-refractivity contribution in [2.24, 2.45) is 0 Å². The van der Waals surface area contributed by atoms with Crippen molar-refractivity contribution in [2.75, 3.05) is 88.3 Å². The molecule has 4 aliphatic heterocycles. The second-order valence-corrected chi connectivity index (χ2v) is 16.6. The number of carbonyl (C=O) groups excluding carboxylic acids is 1. The third kappa shape index (κ3) is 10.3. The zero-order chi connectivity index (χ0) is 38.5. The van der Waals surface area contributed by atoms with Gasteiger partial charge in [-0.3, -0.25) is 19.5 Å². The highest BCUT2D eigenvalue weighted by atomic mass is 35.5. The van der Waals surface area contributed by atoms with Crippen LogP contribution in [0.3, 0.4) is 0 Å². The molecular formula is C42H48Cl4N6O3. The summed E-state index contributed by atoms with van der Waals surface area (Å²) in [6.45, 7) is 10.6. The number of β-amino-alcohol motifs (C(OH)–C–C–N with tert-alkyl or cyclic N) is 2. The Hall–Kier alpha value is -3.09. The van der Waals surface area contributed by atoms with E-state index in [2.05, 4.69) is 42.7 Å². The van der Waals surface area contributed by atoms with Crippen LogP contribution in [-0.4, -0.2) is 139 Å². The fourth-order valence-corrected chi connectivity index (χ4v) is 8.78. The van der Waals surface area contributed by atoms with Crippen LogP contribution in [0.25, 0.3) is 0 Å². The number of carbonyl (C=O) groups is 1. The monoisotopic (exact) mass is 824 g/mol. The van der Waals surface area contributed by atoms with Crippen molar-refractivity contribution < 1.29 is 15.0 Å². The molecule has 4 aromatic carbocycles. The fraction of sp³-hybridized carbons (Fsp3) is 0.405. The van der Waals surface area contributed by atoms with Gasteiger partial charge in [0.2, 0.25) is 0 Å². The number of piperazine rings is 2. The average molecular weight is 827 g/mol. The number of amides is 1. The minimum Gasteiger partial charge on any atom is -0.390 e. The summed E-state index contributed by atoms with van der Waals surface area (Å²) in [5.41, 5.74) is 4.07. The largest absolute Gasteiger partial charge is 0.390 e. The maximum Gasteiger partial charge on any atom is 0.253 e. The van der Waals surface area contributed by atoms with Crippen molar-refractivity contribution in [1.29, 1.82) is 0 Å². The zero-order valence-corrected chi connectivity index (χ0v) is 33.8. The van der Waals surface area contributed by atoms with Crippen LogP contribution >= 0.6 is 46.4 Å². The first-order chi connectivity index (χ1) is 26.6. The highest BCUT2D eigenvalue weighted by Crippen LogP contribution is 2.28. The lowest BCUT2D eigenvalue weighted by atomic mass is 10.1. The molecular weight excluding hydrogens is 778 g/mol. The van der Waals surface area contributed by atoms with Crippen LogP contribution < -0.4 is 9.80 Å². The van der Waals surface area contributed by atoms with Gasteiger partial charge in [0.25, 0.3) is 5.91 Å². The van der Waals surface area contributed by atoms with Gasteiger partial charge in [0.1, 0.15) is 0 Å². The van der Waals surface area contributed by atoms with Crippen LogP contribution in [-0.2, 0) is 6.54 Å². The molecule has 0 aliphatic carbocycles. The second kappa shape index (κ2) is 18.4. The lowest BCUT2D eigenvalue weighted by molar-refractivity contribution is 0.0376. The number of anilines is 2. The summed E-state index contributed by atoms with van der Waals surface area (Å²) in [5, 5.41) is 24.1. The van der Waals surface area contributed by atoms with Gasteiger partial charge in [0, 0.05) is 122 Å². The fourth-order valence-electron chi connectivity index (χ4n) is 8.16. The van der Waals surface area contributed by atoms with E-state index in [1.807, 2.05) is 59.5 Å². The molecule has 2 N–H and O–H groups in total. The van der Waals surface area contributed by atoms with E-state index in [4.69, 9.17) is 46.4 Å². The Bertz CT molecular complexity index is 1870. The van der Waals surface area contributed by atoms with Crippen molar-refractivity contribution in [1.82, 2.24) is 19.6 Å². The Kier molecular flexibility index (Phi) is 13.5. The lowest BCUT2D eigenvalue weighted by Crippen LogP contribution is -2.54. The quantitative estimate of drug-likeness (QED) is 0.223. The van der Waals surface area contributed by atoms with Gasteiger partial charge in [0.05, 0.1) is 24.3 Å². The van der Waals surface area contributed by atoms with Crippen LogP contribution in [0.4, 0.5) is 11.4 Å². The molecule has 13 heteroatoms. The zero-order valence-electron chi connectivity index (χ0n) is 30.7. The summed E-state index contributed by atoms with van der Waals surface area (Å²) in [7, 11) is 0. The standard InChI is InChI=1S/C21H23Cl2N3O2.C21H25Cl2N3O/c22-16-6-4-15(5-7-16)21(28)25-10-8-24(9-11-25)19-13-26(14-20(19)27)18-3-1-2-17(23)12-18;22-17-6-4-16(5-7-17)13-24-8-10-25(11-9-24)20-14-26(15-21(20)27)19-3-1-2-18(23)12-19/h1-7,12,19-20,27H,8-11,13-14H2;1-7,12,20-21,27H,8-11,13-15H2. The minimum atomic E-state index is -0.419. The number of hydrogen-bond acceptors (Lipinski definition) is 8. The Morgan fingerprint density at radius 3 is 1.47 bits per heavy atom. The Labute approximate surface area is 344 Å². The first-order valence-corrected chi connectivity index (χ1v) is 20.5. The van der Waals surface area contributed by atoms with E-state index in [1.165, 1.54) is 5.56 Å². The normalized spacial score (nSPS) is 23.9. The molecule has 4 aliphatic rings. The molecule has 55 heavy (non-hydrogen) atoms. The van der Waals surface area contributed by atoms with Crippen LogP contribution in [0.15, 0.2) is 97.1 Å². The Morgan fingerprint density at radius 2 is 1.00 bits per heavy atom. The Balaban J connectivity index is 0.000000169. The molecule has 4 aromatic rings. The predicted molar refractivity (Wildman–Crippen MR) is 224 cm³/mol. The maximum atomic E-state index is 12.7. The molecule has 4 heterocycles. The molecule has 0 bridgehead atoms. The summed E-state index contributed by atoms with van der Waals surface area (Å²) < 4.78 is 0. The Morgan fingerprint density at radius 1 is 0.545 bits per heavy atom. The molecule has 8 rings (SSSR count). The third-order valence-corrected chi connectivity index (χ3v) is 12.2. The van der Waals surface area contributed by atoms with Crippen molar-refractivity contribution in [3.8, 4) is 0 Å². The number of halogens is 4. The van der Waals surface area contributed by atoms with Crippen molar-refractivity contribution >= 4 is 63.7 Å². The highest BCUT2D eigenvalue weighted by molar-refractivity contribution is 6.31. The van der Waals surface area contributed by atoms with Gasteiger partial charge in [-0.1, -0.05) is 70.7 Å². The molecule has 4 unspecified atom stereocenters. The van der Waals surface area contributed by atoms with E-state index in [-0.39, 0.29) is 24.1 Å². The number of rotatable bonds is 7. The smallest absolute Gasteiger partial charge is 0.253 e. The molecule has 4 atom stereocenters. The average Bonchev–Trinajstić information content (AvgIpc) is 3.79. The van der Waals surface area contributed by atoms with E-state index in [0.717, 1.165) is 80.3 Å². The first kappa shape index (κ1) is 40.1. The predicted octanol–water partition coefficient (Wildman–Crippen LogP) is 6.36.